The molecule has 0 aliphatic carbocycles. The third-order valence-corrected chi connectivity index (χ3v) is 3.69. The second-order valence-electron chi connectivity index (χ2n) is 5.36. The van der Waals surface area contributed by atoms with Crippen LogP contribution < -0.4 is 5.32 Å². The highest BCUT2D eigenvalue weighted by molar-refractivity contribution is 5.82. The second-order valence-corrected chi connectivity index (χ2v) is 5.36. The predicted molar refractivity (Wildman–Crippen MR) is 80.0 cm³/mol. The van der Waals surface area contributed by atoms with Gasteiger partial charge in [-0.05, 0) is 32.4 Å². The Bertz CT molecular complexity index is 760. The van der Waals surface area contributed by atoms with Gasteiger partial charge in [0.1, 0.15) is 11.3 Å². The predicted octanol–water partition coefficient (Wildman–Crippen LogP) is 3.84. The SMILES string of the molecule is Cc1nnc(C(C)NC(C)c2oc3ccccc3c2C)o1. The molecular weight excluding hydrogens is 266 g/mol. The molecule has 0 aliphatic heterocycles. The summed E-state index contributed by atoms with van der Waals surface area (Å²) in [4.78, 5) is 0. The summed E-state index contributed by atoms with van der Waals surface area (Å²) in [6.45, 7) is 7.95. The maximum absolute atomic E-state index is 5.97. The molecule has 0 fully saturated rings. The molecule has 110 valence electrons. The summed E-state index contributed by atoms with van der Waals surface area (Å²) in [5.41, 5.74) is 2.08. The summed E-state index contributed by atoms with van der Waals surface area (Å²) >= 11 is 0. The Morgan fingerprint density at radius 3 is 2.43 bits per heavy atom. The summed E-state index contributed by atoms with van der Waals surface area (Å²) < 4.78 is 11.4. The maximum Gasteiger partial charge on any atom is 0.233 e. The first-order valence-electron chi connectivity index (χ1n) is 7.10. The summed E-state index contributed by atoms with van der Waals surface area (Å²) in [6.07, 6.45) is 0. The van der Waals surface area contributed by atoms with Gasteiger partial charge >= 0.3 is 0 Å². The number of furan rings is 1. The Morgan fingerprint density at radius 1 is 1.00 bits per heavy atom. The van der Waals surface area contributed by atoms with E-state index >= 15 is 0 Å². The van der Waals surface area contributed by atoms with Gasteiger partial charge in [0.2, 0.25) is 11.8 Å². The van der Waals surface area contributed by atoms with Gasteiger partial charge in [-0.1, -0.05) is 18.2 Å². The minimum absolute atomic E-state index is 0.0335. The Kier molecular flexibility index (Phi) is 3.51. The molecule has 0 saturated carbocycles. The van der Waals surface area contributed by atoms with E-state index in [2.05, 4.69) is 35.4 Å². The number of benzene rings is 1. The molecule has 5 heteroatoms. The van der Waals surface area contributed by atoms with Crippen LogP contribution in [0.1, 0.15) is 49.0 Å². The normalized spacial score (nSPS) is 14.5. The Balaban J connectivity index is 1.83. The van der Waals surface area contributed by atoms with Crippen LogP contribution in [-0.2, 0) is 0 Å². The van der Waals surface area contributed by atoms with Crippen LogP contribution in [0.4, 0.5) is 0 Å². The zero-order chi connectivity index (χ0) is 15.0. The number of fused-ring (bicyclic) bond motifs is 1. The molecule has 2 heterocycles. The van der Waals surface area contributed by atoms with E-state index in [-0.39, 0.29) is 12.1 Å². The standard InChI is InChI=1S/C16H19N3O2/c1-9-13-7-5-6-8-14(13)21-15(9)10(2)17-11(3)16-19-18-12(4)20-16/h5-8,10-11,17H,1-4H3. The molecule has 5 nitrogen and oxygen atoms in total. The Hall–Kier alpha value is -2.14. The summed E-state index contributed by atoms with van der Waals surface area (Å²) in [5, 5.41) is 12.5. The second kappa shape index (κ2) is 5.33. The molecule has 0 aliphatic rings. The van der Waals surface area contributed by atoms with Gasteiger partial charge in [-0.2, -0.15) is 0 Å². The molecule has 0 spiro atoms. The first-order chi connectivity index (χ1) is 10.1. The van der Waals surface area contributed by atoms with E-state index in [1.807, 2.05) is 25.1 Å². The average Bonchev–Trinajstić information content (AvgIpc) is 3.04. The lowest BCUT2D eigenvalue weighted by atomic mass is 10.1. The number of aromatic nitrogens is 2. The number of para-hydroxylation sites is 1. The molecule has 1 N–H and O–H groups in total. The van der Waals surface area contributed by atoms with E-state index in [4.69, 9.17) is 8.83 Å². The largest absolute Gasteiger partial charge is 0.459 e. The van der Waals surface area contributed by atoms with Gasteiger partial charge in [0, 0.05) is 12.3 Å². The van der Waals surface area contributed by atoms with Crippen LogP contribution in [0.5, 0.6) is 0 Å². The van der Waals surface area contributed by atoms with Crippen molar-refractivity contribution in [2.45, 2.75) is 39.8 Å². The van der Waals surface area contributed by atoms with Crippen LogP contribution >= 0.6 is 0 Å². The van der Waals surface area contributed by atoms with E-state index < -0.39 is 0 Å². The lowest BCUT2D eigenvalue weighted by Gasteiger charge is -2.16. The van der Waals surface area contributed by atoms with E-state index in [0.29, 0.717) is 11.8 Å². The van der Waals surface area contributed by atoms with Crippen molar-refractivity contribution in [3.8, 4) is 0 Å². The van der Waals surface area contributed by atoms with Gasteiger partial charge in [0.05, 0.1) is 12.1 Å². The fourth-order valence-corrected chi connectivity index (χ4v) is 2.62. The van der Waals surface area contributed by atoms with Crippen molar-refractivity contribution in [2.24, 2.45) is 0 Å². The zero-order valence-electron chi connectivity index (χ0n) is 12.7. The van der Waals surface area contributed by atoms with Gasteiger partial charge < -0.3 is 8.83 Å². The zero-order valence-corrected chi connectivity index (χ0v) is 12.7. The van der Waals surface area contributed by atoms with E-state index in [1.165, 1.54) is 5.56 Å². The van der Waals surface area contributed by atoms with Crippen molar-refractivity contribution in [1.29, 1.82) is 0 Å². The first kappa shape index (κ1) is 13.8. The smallest absolute Gasteiger partial charge is 0.233 e. The fourth-order valence-electron chi connectivity index (χ4n) is 2.62. The number of hydrogen-bond acceptors (Lipinski definition) is 5. The fraction of sp³-hybridized carbons (Fsp3) is 0.375. The maximum atomic E-state index is 5.97. The van der Waals surface area contributed by atoms with Crippen molar-refractivity contribution < 1.29 is 8.83 Å². The molecule has 0 radical (unpaired) electrons. The molecule has 2 atom stereocenters. The highest BCUT2D eigenvalue weighted by atomic mass is 16.4. The van der Waals surface area contributed by atoms with Crippen LogP contribution in [-0.4, -0.2) is 10.2 Å². The summed E-state index contributed by atoms with van der Waals surface area (Å²) in [6, 6.07) is 8.10. The lowest BCUT2D eigenvalue weighted by molar-refractivity contribution is 0.356. The van der Waals surface area contributed by atoms with Gasteiger partial charge in [0.15, 0.2) is 0 Å². The van der Waals surface area contributed by atoms with Crippen molar-refractivity contribution in [2.75, 3.05) is 0 Å². The number of nitrogens with zero attached hydrogens (tertiary/aromatic N) is 2. The van der Waals surface area contributed by atoms with Crippen LogP contribution in [0.25, 0.3) is 11.0 Å². The first-order valence-corrected chi connectivity index (χ1v) is 7.10. The van der Waals surface area contributed by atoms with Crippen molar-refractivity contribution in [1.82, 2.24) is 15.5 Å². The van der Waals surface area contributed by atoms with Crippen LogP contribution in [0.2, 0.25) is 0 Å². The third kappa shape index (κ3) is 2.56. The topological polar surface area (TPSA) is 64.1 Å². The number of nitrogens with one attached hydrogen (secondary N) is 1. The molecule has 2 aromatic heterocycles. The third-order valence-electron chi connectivity index (χ3n) is 3.69. The molecular formula is C16H19N3O2. The van der Waals surface area contributed by atoms with Gasteiger partial charge in [-0.15, -0.1) is 10.2 Å². The Labute approximate surface area is 123 Å². The average molecular weight is 285 g/mol. The van der Waals surface area contributed by atoms with Gasteiger partial charge in [-0.3, -0.25) is 5.32 Å². The quantitative estimate of drug-likeness (QED) is 0.789. The molecule has 21 heavy (non-hydrogen) atoms. The van der Waals surface area contributed by atoms with Crippen molar-refractivity contribution in [3.05, 3.63) is 47.4 Å². The molecule has 3 aromatic rings. The van der Waals surface area contributed by atoms with E-state index in [1.54, 1.807) is 6.92 Å². The van der Waals surface area contributed by atoms with Crippen LogP contribution in [0, 0.1) is 13.8 Å². The minimum Gasteiger partial charge on any atom is -0.459 e. The number of rotatable bonds is 4. The molecule has 2 unspecified atom stereocenters. The summed E-state index contributed by atoms with van der Waals surface area (Å²) in [7, 11) is 0. The monoisotopic (exact) mass is 285 g/mol. The molecule has 3 rings (SSSR count). The number of hydrogen-bond donors (Lipinski definition) is 1. The van der Waals surface area contributed by atoms with Crippen molar-refractivity contribution in [3.63, 3.8) is 0 Å². The molecule has 0 amide bonds. The van der Waals surface area contributed by atoms with E-state index in [0.717, 1.165) is 16.7 Å². The van der Waals surface area contributed by atoms with Gasteiger partial charge in [-0.25, -0.2) is 0 Å². The lowest BCUT2D eigenvalue weighted by Crippen LogP contribution is -2.22. The molecule has 0 saturated heterocycles. The van der Waals surface area contributed by atoms with E-state index in [9.17, 15) is 0 Å². The highest BCUT2D eigenvalue weighted by Gasteiger charge is 2.20. The summed E-state index contributed by atoms with van der Waals surface area (Å²) in [5.74, 6) is 2.11. The Morgan fingerprint density at radius 2 is 1.76 bits per heavy atom. The van der Waals surface area contributed by atoms with Crippen molar-refractivity contribution >= 4 is 11.0 Å². The van der Waals surface area contributed by atoms with Crippen LogP contribution in [0.15, 0.2) is 33.1 Å². The number of aryl methyl sites for hydroxylation is 2. The molecule has 1 aromatic carbocycles. The minimum atomic E-state index is -0.0335. The van der Waals surface area contributed by atoms with Crippen LogP contribution in [0.3, 0.4) is 0 Å². The highest BCUT2D eigenvalue weighted by Crippen LogP contribution is 2.30. The molecule has 0 bridgehead atoms. The van der Waals surface area contributed by atoms with Gasteiger partial charge in [0.25, 0.3) is 0 Å².